The second kappa shape index (κ2) is 5.03. The van der Waals surface area contributed by atoms with Crippen LogP contribution in [0.5, 0.6) is 0 Å². The number of halogens is 4. The fraction of sp³-hybridized carbons (Fsp3) is 0.200. The van der Waals surface area contributed by atoms with E-state index in [1.54, 1.807) is 0 Å². The van der Waals surface area contributed by atoms with Crippen molar-refractivity contribution in [3.8, 4) is 0 Å². The Morgan fingerprint density at radius 1 is 1.33 bits per heavy atom. The molecule has 0 aromatic carbocycles. The van der Waals surface area contributed by atoms with E-state index in [0.29, 0.717) is 6.07 Å². The van der Waals surface area contributed by atoms with Gasteiger partial charge in [0, 0.05) is 11.8 Å². The normalized spacial score (nSPS) is 11.1. The highest BCUT2D eigenvalue weighted by atomic mass is 19.4. The number of rotatable bonds is 4. The minimum Gasteiger partial charge on any atom is -0.298 e. The third-order valence-corrected chi connectivity index (χ3v) is 1.90. The first-order valence-electron chi connectivity index (χ1n) is 4.49. The first-order valence-corrected chi connectivity index (χ1v) is 4.49. The van der Waals surface area contributed by atoms with Crippen LogP contribution in [0.2, 0.25) is 0 Å². The van der Waals surface area contributed by atoms with Gasteiger partial charge >= 0.3 is 6.18 Å². The molecule has 1 rings (SSSR count). The van der Waals surface area contributed by atoms with Gasteiger partial charge in [-0.1, -0.05) is 0 Å². The Balaban J connectivity index is 2.92. The van der Waals surface area contributed by atoms with Crippen molar-refractivity contribution in [1.29, 1.82) is 0 Å². The van der Waals surface area contributed by atoms with Crippen LogP contribution in [0.15, 0.2) is 12.3 Å². The molecule has 0 saturated heterocycles. The molecule has 0 unspecified atom stereocenters. The van der Waals surface area contributed by atoms with Crippen molar-refractivity contribution in [1.82, 2.24) is 4.98 Å². The summed E-state index contributed by atoms with van der Waals surface area (Å²) in [5, 5.41) is 0. The van der Waals surface area contributed by atoms with E-state index >= 15 is 0 Å². The first-order chi connectivity index (χ1) is 8.25. The zero-order valence-corrected chi connectivity index (χ0v) is 8.62. The van der Waals surface area contributed by atoms with Crippen molar-refractivity contribution in [3.63, 3.8) is 0 Å². The van der Waals surface area contributed by atoms with Gasteiger partial charge in [0.15, 0.2) is 17.9 Å². The molecule has 0 N–H and O–H groups in total. The smallest absolute Gasteiger partial charge is 0.298 e. The highest BCUT2D eigenvalue weighted by molar-refractivity contribution is 6.08. The van der Waals surface area contributed by atoms with Crippen LogP contribution in [0.3, 0.4) is 0 Å². The van der Waals surface area contributed by atoms with Gasteiger partial charge in [-0.05, 0) is 6.07 Å². The van der Waals surface area contributed by atoms with Gasteiger partial charge in [-0.25, -0.2) is 9.37 Å². The zero-order chi connectivity index (χ0) is 13.9. The molecule has 0 saturated carbocycles. The van der Waals surface area contributed by atoms with Gasteiger partial charge in [-0.2, -0.15) is 13.2 Å². The molecule has 0 atom stereocenters. The van der Waals surface area contributed by atoms with E-state index in [0.717, 1.165) is 6.20 Å². The average molecular weight is 263 g/mol. The van der Waals surface area contributed by atoms with Crippen molar-refractivity contribution in [2.24, 2.45) is 0 Å². The zero-order valence-electron chi connectivity index (χ0n) is 8.62. The molecule has 96 valence electrons. The Morgan fingerprint density at radius 3 is 2.39 bits per heavy atom. The van der Waals surface area contributed by atoms with Gasteiger partial charge < -0.3 is 0 Å². The van der Waals surface area contributed by atoms with Crippen molar-refractivity contribution in [2.45, 2.75) is 12.6 Å². The molecule has 1 aromatic rings. The molecule has 1 aromatic heterocycles. The van der Waals surface area contributed by atoms with E-state index < -0.39 is 35.7 Å². The SMILES string of the molecule is O=Cc1cnc(C(=O)CC(=O)C(F)(F)F)c(F)c1. The van der Waals surface area contributed by atoms with Crippen LogP contribution in [-0.4, -0.2) is 29.0 Å². The van der Waals surface area contributed by atoms with Crippen molar-refractivity contribution < 1.29 is 31.9 Å². The molecular weight excluding hydrogens is 258 g/mol. The molecule has 8 heteroatoms. The Labute approximate surface area is 97.6 Å². The molecule has 0 radical (unpaired) electrons. The lowest BCUT2D eigenvalue weighted by Crippen LogP contribution is -2.26. The first kappa shape index (κ1) is 13.9. The Kier molecular flexibility index (Phi) is 3.89. The highest BCUT2D eigenvalue weighted by Crippen LogP contribution is 2.19. The van der Waals surface area contributed by atoms with Crippen LogP contribution >= 0.6 is 0 Å². The Bertz CT molecular complexity index is 510. The van der Waals surface area contributed by atoms with E-state index in [9.17, 15) is 31.9 Å². The molecule has 0 aliphatic carbocycles. The summed E-state index contributed by atoms with van der Waals surface area (Å²) in [5.41, 5.74) is -1.08. The third kappa shape index (κ3) is 3.19. The van der Waals surface area contributed by atoms with Crippen LogP contribution in [0.4, 0.5) is 17.6 Å². The van der Waals surface area contributed by atoms with Crippen molar-refractivity contribution >= 4 is 17.9 Å². The lowest BCUT2D eigenvalue weighted by Gasteiger charge is -2.04. The van der Waals surface area contributed by atoms with Gasteiger partial charge in [0.25, 0.3) is 0 Å². The maximum atomic E-state index is 13.2. The quantitative estimate of drug-likeness (QED) is 0.359. The third-order valence-electron chi connectivity index (χ3n) is 1.90. The van der Waals surface area contributed by atoms with Crippen LogP contribution in [0.25, 0.3) is 0 Å². The molecule has 0 fully saturated rings. The Morgan fingerprint density at radius 2 is 1.94 bits per heavy atom. The molecule has 0 bridgehead atoms. The van der Waals surface area contributed by atoms with Gasteiger partial charge in [-0.3, -0.25) is 14.4 Å². The number of nitrogens with zero attached hydrogens (tertiary/aromatic N) is 1. The second-order valence-corrected chi connectivity index (χ2v) is 3.24. The van der Waals surface area contributed by atoms with E-state index in [4.69, 9.17) is 0 Å². The van der Waals surface area contributed by atoms with Crippen LogP contribution in [0.1, 0.15) is 27.3 Å². The fourth-order valence-corrected chi connectivity index (χ4v) is 1.05. The number of aldehydes is 1. The maximum Gasteiger partial charge on any atom is 0.450 e. The number of carbonyl (C=O) groups is 3. The fourth-order valence-electron chi connectivity index (χ4n) is 1.05. The number of Topliss-reactive ketones (excluding diaryl/α,β-unsaturated/α-hetero) is 2. The standard InChI is InChI=1S/C10H5F4NO3/c11-6-1-5(4-16)3-15-9(6)7(17)2-8(18)10(12,13)14/h1,3-4H,2H2. The molecule has 0 aliphatic heterocycles. The van der Waals surface area contributed by atoms with E-state index in [2.05, 4.69) is 4.98 Å². The average Bonchev–Trinajstić information content (AvgIpc) is 2.27. The number of ketones is 2. The number of hydrogen-bond acceptors (Lipinski definition) is 4. The van der Waals surface area contributed by atoms with Gasteiger partial charge in [-0.15, -0.1) is 0 Å². The topological polar surface area (TPSA) is 64.1 Å². The minimum atomic E-state index is -5.16. The number of hydrogen-bond donors (Lipinski definition) is 0. The summed E-state index contributed by atoms with van der Waals surface area (Å²) in [6, 6.07) is 0.644. The van der Waals surface area contributed by atoms with Crippen LogP contribution < -0.4 is 0 Å². The van der Waals surface area contributed by atoms with Crippen molar-refractivity contribution in [2.75, 3.05) is 0 Å². The number of pyridine rings is 1. The summed E-state index contributed by atoms with van der Waals surface area (Å²) in [7, 11) is 0. The lowest BCUT2D eigenvalue weighted by atomic mass is 10.1. The summed E-state index contributed by atoms with van der Waals surface area (Å²) in [6.07, 6.45) is -5.60. The molecule has 4 nitrogen and oxygen atoms in total. The Hall–Kier alpha value is -2.12. The molecule has 0 spiro atoms. The molecular formula is C10H5F4NO3. The molecule has 18 heavy (non-hydrogen) atoms. The summed E-state index contributed by atoms with van der Waals surface area (Å²) in [5.74, 6) is -4.93. The highest BCUT2D eigenvalue weighted by Gasteiger charge is 2.39. The summed E-state index contributed by atoms with van der Waals surface area (Å²) >= 11 is 0. The summed E-state index contributed by atoms with van der Waals surface area (Å²) in [4.78, 5) is 35.2. The van der Waals surface area contributed by atoms with Crippen molar-refractivity contribution in [3.05, 3.63) is 29.3 Å². The van der Waals surface area contributed by atoms with E-state index in [-0.39, 0.29) is 11.8 Å². The predicted molar refractivity (Wildman–Crippen MR) is 49.6 cm³/mol. The predicted octanol–water partition coefficient (Wildman–Crippen LogP) is 1.74. The number of carbonyl (C=O) groups excluding carboxylic acids is 3. The van der Waals surface area contributed by atoms with Gasteiger partial charge in [0.1, 0.15) is 5.69 Å². The lowest BCUT2D eigenvalue weighted by molar-refractivity contribution is -0.170. The number of aromatic nitrogens is 1. The van der Waals surface area contributed by atoms with E-state index in [1.807, 2.05) is 0 Å². The molecule has 1 heterocycles. The van der Waals surface area contributed by atoms with Gasteiger partial charge in [0.2, 0.25) is 5.78 Å². The largest absolute Gasteiger partial charge is 0.450 e. The second-order valence-electron chi connectivity index (χ2n) is 3.24. The maximum absolute atomic E-state index is 13.2. The van der Waals surface area contributed by atoms with Crippen LogP contribution in [0, 0.1) is 5.82 Å². The summed E-state index contributed by atoms with van der Waals surface area (Å²) in [6.45, 7) is 0. The van der Waals surface area contributed by atoms with Crippen LogP contribution in [-0.2, 0) is 4.79 Å². The number of alkyl halides is 3. The molecule has 0 aliphatic rings. The van der Waals surface area contributed by atoms with Gasteiger partial charge in [0.05, 0.1) is 6.42 Å². The monoisotopic (exact) mass is 263 g/mol. The summed E-state index contributed by atoms with van der Waals surface area (Å²) < 4.78 is 48.8. The minimum absolute atomic E-state index is 0.175. The molecule has 0 amide bonds. The van der Waals surface area contributed by atoms with E-state index in [1.165, 1.54) is 0 Å².